The van der Waals surface area contributed by atoms with Gasteiger partial charge in [0.1, 0.15) is 0 Å². The molecule has 0 atom stereocenters. The number of benzene rings is 1. The molecule has 0 aliphatic rings. The molecule has 0 unspecified atom stereocenters. The van der Waals surface area contributed by atoms with Crippen LogP contribution in [0.2, 0.25) is 10.0 Å². The minimum absolute atomic E-state index is 0.0750. The van der Waals surface area contributed by atoms with Gasteiger partial charge >= 0.3 is 0 Å². The maximum absolute atomic E-state index is 11.3. The maximum Gasteiger partial charge on any atom is 0.224 e. The molecular weight excluding hydrogens is 256 g/mol. The van der Waals surface area contributed by atoms with Gasteiger partial charge in [-0.3, -0.25) is 4.79 Å². The van der Waals surface area contributed by atoms with Crippen molar-refractivity contribution >= 4 is 46.4 Å². The highest BCUT2D eigenvalue weighted by atomic mass is 35.5. The Hall–Kier alpha value is -0.440. The predicted molar refractivity (Wildman–Crippen MR) is 65.0 cm³/mol. The average molecular weight is 267 g/mol. The molecule has 1 aromatic carbocycles. The van der Waals surface area contributed by atoms with E-state index in [2.05, 4.69) is 5.32 Å². The summed E-state index contributed by atoms with van der Waals surface area (Å²) in [5.41, 5.74) is 0.643. The van der Waals surface area contributed by atoms with Crippen LogP contribution in [0.3, 0.4) is 0 Å². The van der Waals surface area contributed by atoms with Gasteiger partial charge in [0.25, 0.3) is 0 Å². The highest BCUT2D eigenvalue weighted by Crippen LogP contribution is 2.25. The van der Waals surface area contributed by atoms with Gasteiger partial charge in [-0.25, -0.2) is 0 Å². The molecule has 15 heavy (non-hydrogen) atoms. The van der Waals surface area contributed by atoms with Crippen molar-refractivity contribution in [1.29, 1.82) is 0 Å². The van der Waals surface area contributed by atoms with Crippen molar-refractivity contribution in [1.82, 2.24) is 0 Å². The number of hydrogen-bond acceptors (Lipinski definition) is 1. The second-order valence-electron chi connectivity index (χ2n) is 2.97. The lowest BCUT2D eigenvalue weighted by atomic mass is 10.3. The molecule has 0 radical (unpaired) electrons. The van der Waals surface area contributed by atoms with Crippen molar-refractivity contribution in [2.75, 3.05) is 11.2 Å². The Bertz CT molecular complexity index is 355. The Balaban J connectivity index is 2.57. The van der Waals surface area contributed by atoms with Crippen LogP contribution in [0.4, 0.5) is 5.69 Å². The van der Waals surface area contributed by atoms with Crippen molar-refractivity contribution < 1.29 is 4.79 Å². The van der Waals surface area contributed by atoms with Crippen LogP contribution in [-0.2, 0) is 4.79 Å². The maximum atomic E-state index is 11.3. The predicted octanol–water partition coefficient (Wildman–Crippen LogP) is 3.95. The number of rotatable bonds is 4. The number of hydrogen-bond donors (Lipinski definition) is 1. The molecule has 0 aliphatic carbocycles. The molecule has 0 aliphatic heterocycles. The smallest absolute Gasteiger partial charge is 0.224 e. The van der Waals surface area contributed by atoms with Crippen LogP contribution in [0.5, 0.6) is 0 Å². The molecule has 0 saturated heterocycles. The lowest BCUT2D eigenvalue weighted by molar-refractivity contribution is -0.116. The van der Waals surface area contributed by atoms with Gasteiger partial charge in [0.2, 0.25) is 5.91 Å². The van der Waals surface area contributed by atoms with Crippen molar-refractivity contribution in [2.24, 2.45) is 0 Å². The molecule has 1 amide bonds. The van der Waals surface area contributed by atoms with E-state index in [0.29, 0.717) is 34.5 Å². The quantitative estimate of drug-likeness (QED) is 0.822. The number of anilines is 1. The van der Waals surface area contributed by atoms with E-state index >= 15 is 0 Å². The van der Waals surface area contributed by atoms with Gasteiger partial charge < -0.3 is 5.32 Å². The van der Waals surface area contributed by atoms with E-state index in [1.54, 1.807) is 18.2 Å². The molecule has 0 bridgehead atoms. The summed E-state index contributed by atoms with van der Waals surface area (Å²) in [6.45, 7) is 0. The number of carbonyl (C=O) groups is 1. The minimum atomic E-state index is -0.0750. The molecule has 0 fully saturated rings. The molecule has 5 heteroatoms. The molecule has 2 nitrogen and oxygen atoms in total. The fourth-order valence-corrected chi connectivity index (χ4v) is 1.46. The SMILES string of the molecule is O=C(CCCCl)Nc1ccc(Cl)c(Cl)c1. The number of nitrogens with one attached hydrogen (secondary N) is 1. The zero-order valence-corrected chi connectivity index (χ0v) is 10.2. The van der Waals surface area contributed by atoms with E-state index in [-0.39, 0.29) is 5.91 Å². The summed E-state index contributed by atoms with van der Waals surface area (Å²) < 4.78 is 0. The molecule has 0 heterocycles. The van der Waals surface area contributed by atoms with E-state index < -0.39 is 0 Å². The van der Waals surface area contributed by atoms with Gasteiger partial charge in [0.05, 0.1) is 10.0 Å². The standard InChI is InChI=1S/C10H10Cl3NO/c11-5-1-2-10(15)14-7-3-4-8(12)9(13)6-7/h3-4,6H,1-2,5H2,(H,14,15). The molecule has 82 valence electrons. The lowest BCUT2D eigenvalue weighted by Crippen LogP contribution is -2.11. The fourth-order valence-electron chi connectivity index (χ4n) is 1.02. The van der Waals surface area contributed by atoms with Crippen LogP contribution in [0.25, 0.3) is 0 Å². The minimum Gasteiger partial charge on any atom is -0.326 e. The van der Waals surface area contributed by atoms with Gasteiger partial charge in [-0.15, -0.1) is 11.6 Å². The zero-order valence-electron chi connectivity index (χ0n) is 7.90. The summed E-state index contributed by atoms with van der Waals surface area (Å²) in [5.74, 6) is 0.406. The Morgan fingerprint density at radius 1 is 1.27 bits per heavy atom. The van der Waals surface area contributed by atoms with Crippen molar-refractivity contribution in [3.8, 4) is 0 Å². The van der Waals surface area contributed by atoms with Gasteiger partial charge in [-0.05, 0) is 24.6 Å². The number of alkyl halides is 1. The molecular formula is C10H10Cl3NO. The monoisotopic (exact) mass is 265 g/mol. The third kappa shape index (κ3) is 4.29. The summed E-state index contributed by atoms with van der Waals surface area (Å²) in [4.78, 5) is 11.3. The first-order valence-electron chi connectivity index (χ1n) is 4.44. The summed E-state index contributed by atoms with van der Waals surface area (Å²) in [6.07, 6.45) is 1.07. The van der Waals surface area contributed by atoms with Crippen molar-refractivity contribution in [3.05, 3.63) is 28.2 Å². The second-order valence-corrected chi connectivity index (χ2v) is 4.16. The first-order valence-corrected chi connectivity index (χ1v) is 5.73. The molecule has 1 rings (SSSR count). The Labute approximate surface area is 104 Å². The number of halogens is 3. The Morgan fingerprint density at radius 2 is 2.00 bits per heavy atom. The second kappa shape index (κ2) is 6.21. The highest BCUT2D eigenvalue weighted by Gasteiger charge is 2.03. The van der Waals surface area contributed by atoms with Crippen LogP contribution in [0.15, 0.2) is 18.2 Å². The summed E-state index contributed by atoms with van der Waals surface area (Å²) in [7, 11) is 0. The first-order chi connectivity index (χ1) is 7.13. The van der Waals surface area contributed by atoms with E-state index in [0.717, 1.165) is 0 Å². The van der Waals surface area contributed by atoms with E-state index in [4.69, 9.17) is 34.8 Å². The first kappa shape index (κ1) is 12.6. The van der Waals surface area contributed by atoms with Gasteiger partial charge in [-0.2, -0.15) is 0 Å². The van der Waals surface area contributed by atoms with Crippen LogP contribution in [0, 0.1) is 0 Å². The van der Waals surface area contributed by atoms with Crippen LogP contribution >= 0.6 is 34.8 Å². The summed E-state index contributed by atoms with van der Waals surface area (Å²) in [5, 5.41) is 3.60. The number of amides is 1. The van der Waals surface area contributed by atoms with Crippen molar-refractivity contribution in [2.45, 2.75) is 12.8 Å². The topological polar surface area (TPSA) is 29.1 Å². The van der Waals surface area contributed by atoms with Crippen LogP contribution in [-0.4, -0.2) is 11.8 Å². The van der Waals surface area contributed by atoms with Crippen molar-refractivity contribution in [3.63, 3.8) is 0 Å². The molecule has 0 saturated carbocycles. The zero-order chi connectivity index (χ0) is 11.3. The van der Waals surface area contributed by atoms with Gasteiger partial charge in [0, 0.05) is 18.0 Å². The molecule has 1 aromatic rings. The number of carbonyl (C=O) groups excluding carboxylic acids is 1. The molecule has 0 aromatic heterocycles. The summed E-state index contributed by atoms with van der Waals surface area (Å²) in [6, 6.07) is 4.95. The van der Waals surface area contributed by atoms with Gasteiger partial charge in [0.15, 0.2) is 0 Å². The summed E-state index contributed by atoms with van der Waals surface area (Å²) >= 11 is 17.0. The molecule has 0 spiro atoms. The van der Waals surface area contributed by atoms with Crippen LogP contribution < -0.4 is 5.32 Å². The van der Waals surface area contributed by atoms with Crippen LogP contribution in [0.1, 0.15) is 12.8 Å². The largest absolute Gasteiger partial charge is 0.326 e. The lowest BCUT2D eigenvalue weighted by Gasteiger charge is -2.05. The third-order valence-electron chi connectivity index (χ3n) is 1.74. The highest BCUT2D eigenvalue weighted by molar-refractivity contribution is 6.42. The Kier molecular flexibility index (Phi) is 5.23. The fraction of sp³-hybridized carbons (Fsp3) is 0.300. The van der Waals surface area contributed by atoms with E-state index in [1.165, 1.54) is 0 Å². The Morgan fingerprint density at radius 3 is 2.60 bits per heavy atom. The van der Waals surface area contributed by atoms with E-state index in [1.807, 2.05) is 0 Å². The third-order valence-corrected chi connectivity index (χ3v) is 2.75. The van der Waals surface area contributed by atoms with Gasteiger partial charge in [-0.1, -0.05) is 23.2 Å². The molecule has 1 N–H and O–H groups in total. The average Bonchev–Trinajstić information content (AvgIpc) is 2.20. The normalized spacial score (nSPS) is 10.1. The van der Waals surface area contributed by atoms with E-state index in [9.17, 15) is 4.79 Å².